The highest BCUT2D eigenvalue weighted by Crippen LogP contribution is 2.15. The Balaban J connectivity index is 1.72. The molecule has 1 aromatic heterocycles. The molecule has 1 heterocycles. The van der Waals surface area contributed by atoms with Gasteiger partial charge >= 0.3 is 0 Å². The van der Waals surface area contributed by atoms with Gasteiger partial charge in [0.15, 0.2) is 5.96 Å². The Bertz CT molecular complexity index is 644. The van der Waals surface area contributed by atoms with E-state index in [1.54, 1.807) is 11.7 Å². The summed E-state index contributed by atoms with van der Waals surface area (Å²) in [5.41, 5.74) is 2.41. The fraction of sp³-hybridized carbons (Fsp3) is 0.438. The minimum Gasteiger partial charge on any atom is -0.492 e. The first-order chi connectivity index (χ1) is 11.1. The largest absolute Gasteiger partial charge is 0.492 e. The third-order valence-corrected chi connectivity index (χ3v) is 3.30. The lowest BCUT2D eigenvalue weighted by Crippen LogP contribution is -2.39. The number of aromatic nitrogens is 3. The van der Waals surface area contributed by atoms with Gasteiger partial charge in [-0.3, -0.25) is 9.67 Å². The molecule has 7 nitrogen and oxygen atoms in total. The molecule has 2 rings (SSSR count). The van der Waals surface area contributed by atoms with E-state index in [1.165, 1.54) is 17.5 Å². The van der Waals surface area contributed by atoms with Crippen LogP contribution in [-0.4, -0.2) is 40.9 Å². The summed E-state index contributed by atoms with van der Waals surface area (Å²) in [4.78, 5) is 8.33. The molecule has 0 aliphatic carbocycles. The maximum atomic E-state index is 5.76. The SMILES string of the molecule is CN=C(NCCOc1cc(C)cc(C)c1)NCc1ncnn1C. The van der Waals surface area contributed by atoms with Crippen molar-refractivity contribution in [3.8, 4) is 5.75 Å². The molecule has 0 radical (unpaired) electrons. The second-order valence-corrected chi connectivity index (χ2v) is 5.32. The van der Waals surface area contributed by atoms with E-state index < -0.39 is 0 Å². The number of benzene rings is 1. The normalized spacial score (nSPS) is 11.4. The topological polar surface area (TPSA) is 76.4 Å². The fourth-order valence-electron chi connectivity index (χ4n) is 2.22. The van der Waals surface area contributed by atoms with Crippen molar-refractivity contribution in [2.45, 2.75) is 20.4 Å². The van der Waals surface area contributed by atoms with Crippen molar-refractivity contribution in [2.24, 2.45) is 12.0 Å². The molecule has 2 N–H and O–H groups in total. The molecule has 7 heteroatoms. The zero-order chi connectivity index (χ0) is 16.7. The van der Waals surface area contributed by atoms with E-state index in [0.29, 0.717) is 25.7 Å². The third kappa shape index (κ3) is 5.28. The molecule has 0 saturated carbocycles. The van der Waals surface area contributed by atoms with Crippen LogP contribution in [-0.2, 0) is 13.6 Å². The zero-order valence-corrected chi connectivity index (χ0v) is 14.1. The summed E-state index contributed by atoms with van der Waals surface area (Å²) < 4.78 is 7.49. The van der Waals surface area contributed by atoms with Gasteiger partial charge in [-0.1, -0.05) is 6.07 Å². The summed E-state index contributed by atoms with van der Waals surface area (Å²) in [6, 6.07) is 6.20. The molecule has 0 spiro atoms. The quantitative estimate of drug-likeness (QED) is 0.475. The third-order valence-electron chi connectivity index (χ3n) is 3.30. The summed E-state index contributed by atoms with van der Waals surface area (Å²) in [6.07, 6.45) is 1.53. The molecule has 0 atom stereocenters. The number of hydrogen-bond acceptors (Lipinski definition) is 4. The van der Waals surface area contributed by atoms with Gasteiger partial charge in [0.05, 0.1) is 13.1 Å². The number of nitrogens with zero attached hydrogens (tertiary/aromatic N) is 4. The first-order valence-corrected chi connectivity index (χ1v) is 7.57. The lowest BCUT2D eigenvalue weighted by molar-refractivity contribution is 0.321. The highest BCUT2D eigenvalue weighted by atomic mass is 16.5. The van der Waals surface area contributed by atoms with Crippen LogP contribution in [0, 0.1) is 13.8 Å². The van der Waals surface area contributed by atoms with E-state index in [9.17, 15) is 0 Å². The fourth-order valence-corrected chi connectivity index (χ4v) is 2.22. The minimum atomic E-state index is 0.563. The Labute approximate surface area is 136 Å². The van der Waals surface area contributed by atoms with E-state index in [4.69, 9.17) is 4.74 Å². The summed E-state index contributed by atoms with van der Waals surface area (Å²) in [5.74, 6) is 2.45. The number of aliphatic imine (C=N–C) groups is 1. The second kappa shape index (κ2) is 8.17. The van der Waals surface area contributed by atoms with Crippen LogP contribution in [0.4, 0.5) is 0 Å². The van der Waals surface area contributed by atoms with Gasteiger partial charge in [-0.05, 0) is 37.1 Å². The van der Waals surface area contributed by atoms with Gasteiger partial charge in [0.25, 0.3) is 0 Å². The smallest absolute Gasteiger partial charge is 0.191 e. The lowest BCUT2D eigenvalue weighted by Gasteiger charge is -2.12. The van der Waals surface area contributed by atoms with Crippen LogP contribution in [0.5, 0.6) is 5.75 Å². The number of rotatable bonds is 6. The lowest BCUT2D eigenvalue weighted by atomic mass is 10.1. The molecule has 2 aromatic rings. The maximum absolute atomic E-state index is 5.76. The molecule has 0 aliphatic rings. The van der Waals surface area contributed by atoms with Gasteiger partial charge in [0.2, 0.25) is 0 Å². The molecule has 0 bridgehead atoms. The van der Waals surface area contributed by atoms with Crippen molar-refractivity contribution in [1.29, 1.82) is 0 Å². The number of hydrogen-bond donors (Lipinski definition) is 2. The van der Waals surface area contributed by atoms with Crippen LogP contribution in [0.1, 0.15) is 17.0 Å². The molecular weight excluding hydrogens is 292 g/mol. The monoisotopic (exact) mass is 316 g/mol. The highest BCUT2D eigenvalue weighted by Gasteiger charge is 2.03. The van der Waals surface area contributed by atoms with Crippen LogP contribution in [0.3, 0.4) is 0 Å². The Morgan fingerprint density at radius 2 is 1.96 bits per heavy atom. The molecule has 124 valence electrons. The first kappa shape index (κ1) is 16.8. The van der Waals surface area contributed by atoms with E-state index in [-0.39, 0.29) is 0 Å². The number of nitrogens with one attached hydrogen (secondary N) is 2. The summed E-state index contributed by atoms with van der Waals surface area (Å²) in [7, 11) is 3.59. The van der Waals surface area contributed by atoms with E-state index >= 15 is 0 Å². The van der Waals surface area contributed by atoms with Crippen LogP contribution < -0.4 is 15.4 Å². The molecular formula is C16H24N6O. The Hall–Kier alpha value is -2.57. The van der Waals surface area contributed by atoms with Crippen LogP contribution in [0.15, 0.2) is 29.5 Å². The van der Waals surface area contributed by atoms with Gasteiger partial charge in [0.1, 0.15) is 24.5 Å². The standard InChI is InChI=1S/C16H24N6O/c1-12-7-13(2)9-14(8-12)23-6-5-18-16(17-3)19-10-15-20-11-21-22(15)4/h7-9,11H,5-6,10H2,1-4H3,(H2,17,18,19). The van der Waals surface area contributed by atoms with Crippen molar-refractivity contribution in [1.82, 2.24) is 25.4 Å². The second-order valence-electron chi connectivity index (χ2n) is 5.32. The van der Waals surface area contributed by atoms with Gasteiger partial charge in [-0.25, -0.2) is 4.98 Å². The Morgan fingerprint density at radius 1 is 1.22 bits per heavy atom. The molecule has 1 aromatic carbocycles. The van der Waals surface area contributed by atoms with Crippen LogP contribution >= 0.6 is 0 Å². The van der Waals surface area contributed by atoms with Crippen molar-refractivity contribution >= 4 is 5.96 Å². The van der Waals surface area contributed by atoms with E-state index in [0.717, 1.165) is 11.6 Å². The summed E-state index contributed by atoms with van der Waals surface area (Å²) >= 11 is 0. The van der Waals surface area contributed by atoms with Crippen molar-refractivity contribution in [3.05, 3.63) is 41.5 Å². The molecule has 0 amide bonds. The maximum Gasteiger partial charge on any atom is 0.191 e. The predicted molar refractivity (Wildman–Crippen MR) is 90.6 cm³/mol. The average molecular weight is 316 g/mol. The highest BCUT2D eigenvalue weighted by molar-refractivity contribution is 5.79. The summed E-state index contributed by atoms with van der Waals surface area (Å²) in [6.45, 7) is 5.92. The number of aryl methyl sites for hydroxylation is 3. The minimum absolute atomic E-state index is 0.563. The van der Waals surface area contributed by atoms with Crippen LogP contribution in [0.2, 0.25) is 0 Å². The molecule has 0 aliphatic heterocycles. The average Bonchev–Trinajstić information content (AvgIpc) is 2.91. The van der Waals surface area contributed by atoms with Gasteiger partial charge in [0, 0.05) is 14.1 Å². The van der Waals surface area contributed by atoms with Crippen molar-refractivity contribution < 1.29 is 4.74 Å². The van der Waals surface area contributed by atoms with E-state index in [2.05, 4.69) is 45.6 Å². The van der Waals surface area contributed by atoms with Crippen molar-refractivity contribution in [3.63, 3.8) is 0 Å². The molecule has 0 fully saturated rings. The predicted octanol–water partition coefficient (Wildman–Crippen LogP) is 1.18. The molecule has 0 saturated heterocycles. The van der Waals surface area contributed by atoms with E-state index in [1.807, 2.05) is 19.2 Å². The van der Waals surface area contributed by atoms with Gasteiger partial charge < -0.3 is 15.4 Å². The number of guanidine groups is 1. The summed E-state index contributed by atoms with van der Waals surface area (Å²) in [5, 5.41) is 10.4. The Morgan fingerprint density at radius 3 is 2.57 bits per heavy atom. The first-order valence-electron chi connectivity index (χ1n) is 7.57. The van der Waals surface area contributed by atoms with Crippen molar-refractivity contribution in [2.75, 3.05) is 20.2 Å². The van der Waals surface area contributed by atoms with Gasteiger partial charge in [-0.15, -0.1) is 0 Å². The van der Waals surface area contributed by atoms with Crippen LogP contribution in [0.25, 0.3) is 0 Å². The molecule has 23 heavy (non-hydrogen) atoms. The van der Waals surface area contributed by atoms with Gasteiger partial charge in [-0.2, -0.15) is 5.10 Å². The Kier molecular flexibility index (Phi) is 5.96. The molecule has 0 unspecified atom stereocenters. The number of ether oxygens (including phenoxy) is 1. The zero-order valence-electron chi connectivity index (χ0n) is 14.1.